The standard InChI is InChI=1S/C33H25F3N2O5/c1-19(20-5-3-2-4-6-20)42-31(41)38-27-25-15-16-26(33(34,35)36)37-29(25)43-28(27)23-9-7-21(8-10-23)22-11-13-24(14-12-22)32(17-18-32)30(39)40/h2-16,19H,17-18H2,1H3,(H,38,41)(H,39,40)/t19-/m1/s1. The van der Waals surface area contributed by atoms with E-state index in [1.165, 1.54) is 6.07 Å². The molecule has 0 spiro atoms. The number of nitrogens with zero attached hydrogens (tertiary/aromatic N) is 1. The van der Waals surface area contributed by atoms with Crippen LogP contribution in [0.4, 0.5) is 23.7 Å². The molecule has 5 aromatic rings. The lowest BCUT2D eigenvalue weighted by Gasteiger charge is -2.14. The van der Waals surface area contributed by atoms with Crippen LogP contribution in [0.25, 0.3) is 33.6 Å². The second kappa shape index (κ2) is 10.6. The Kier molecular flexibility index (Phi) is 6.92. The lowest BCUT2D eigenvalue weighted by molar-refractivity contribution is -0.141. The summed E-state index contributed by atoms with van der Waals surface area (Å²) < 4.78 is 51.5. The zero-order chi connectivity index (χ0) is 30.4. The van der Waals surface area contributed by atoms with Gasteiger partial charge in [-0.1, -0.05) is 78.9 Å². The van der Waals surface area contributed by atoms with E-state index in [2.05, 4.69) is 10.3 Å². The molecule has 2 aromatic heterocycles. The number of ether oxygens (including phenoxy) is 1. The van der Waals surface area contributed by atoms with E-state index in [-0.39, 0.29) is 22.5 Å². The molecular weight excluding hydrogens is 561 g/mol. The van der Waals surface area contributed by atoms with Gasteiger partial charge >= 0.3 is 18.2 Å². The number of alkyl halides is 3. The van der Waals surface area contributed by atoms with Crippen molar-refractivity contribution in [3.8, 4) is 22.5 Å². The quantitative estimate of drug-likeness (QED) is 0.198. The monoisotopic (exact) mass is 586 g/mol. The number of benzene rings is 3. The molecule has 10 heteroatoms. The van der Waals surface area contributed by atoms with Crippen LogP contribution in [-0.2, 0) is 21.1 Å². The number of fused-ring (bicyclic) bond motifs is 1. The van der Waals surface area contributed by atoms with E-state index in [4.69, 9.17) is 9.15 Å². The number of pyridine rings is 1. The Labute approximate surface area is 243 Å². The number of carbonyl (C=O) groups excluding carboxylic acids is 1. The van der Waals surface area contributed by atoms with Crippen LogP contribution in [0.2, 0.25) is 0 Å². The number of hydrogen-bond acceptors (Lipinski definition) is 5. The molecule has 1 aliphatic rings. The zero-order valence-corrected chi connectivity index (χ0v) is 22.8. The van der Waals surface area contributed by atoms with Crippen molar-refractivity contribution in [3.05, 3.63) is 108 Å². The molecule has 2 N–H and O–H groups in total. The lowest BCUT2D eigenvalue weighted by atomic mass is 9.93. The number of aromatic nitrogens is 1. The van der Waals surface area contributed by atoms with Crippen molar-refractivity contribution in [1.29, 1.82) is 0 Å². The van der Waals surface area contributed by atoms with Gasteiger partial charge in [0.15, 0.2) is 5.76 Å². The van der Waals surface area contributed by atoms with Crippen molar-refractivity contribution in [1.82, 2.24) is 4.98 Å². The SMILES string of the molecule is C[C@@H](OC(=O)Nc1c(-c2ccc(-c3ccc(C4(C(=O)O)CC4)cc3)cc2)oc2nc(C(F)(F)F)ccc12)c1ccccc1. The number of amides is 1. The fourth-order valence-electron chi connectivity index (χ4n) is 5.09. The molecule has 0 bridgehead atoms. The molecule has 1 atom stereocenters. The molecule has 43 heavy (non-hydrogen) atoms. The number of carboxylic acids is 1. The van der Waals surface area contributed by atoms with E-state index >= 15 is 0 Å². The summed E-state index contributed by atoms with van der Waals surface area (Å²) in [5, 5.41) is 12.4. The lowest BCUT2D eigenvalue weighted by Crippen LogP contribution is -2.19. The van der Waals surface area contributed by atoms with Crippen LogP contribution in [0.3, 0.4) is 0 Å². The molecule has 0 saturated heterocycles. The van der Waals surface area contributed by atoms with E-state index in [1.54, 1.807) is 31.2 Å². The highest BCUT2D eigenvalue weighted by Crippen LogP contribution is 2.48. The van der Waals surface area contributed by atoms with Crippen molar-refractivity contribution in [2.45, 2.75) is 37.5 Å². The van der Waals surface area contributed by atoms with Gasteiger partial charge in [-0.25, -0.2) is 9.78 Å². The Balaban J connectivity index is 1.31. The summed E-state index contributed by atoms with van der Waals surface area (Å²) in [5.74, 6) is -0.708. The molecular formula is C33H25F3N2O5. The third kappa shape index (κ3) is 5.43. The largest absolute Gasteiger partial charge is 0.481 e. The number of nitrogens with one attached hydrogen (secondary N) is 1. The molecule has 2 heterocycles. The molecule has 6 rings (SSSR count). The fourth-order valence-corrected chi connectivity index (χ4v) is 5.09. The van der Waals surface area contributed by atoms with Crippen molar-refractivity contribution in [3.63, 3.8) is 0 Å². The normalized spacial score (nSPS) is 14.7. The first-order valence-corrected chi connectivity index (χ1v) is 13.5. The predicted octanol–water partition coefficient (Wildman–Crippen LogP) is 8.61. The molecule has 1 saturated carbocycles. The third-order valence-corrected chi connectivity index (χ3v) is 7.70. The first kappa shape index (κ1) is 28.0. The van der Waals surface area contributed by atoms with Gasteiger partial charge in [0.2, 0.25) is 5.71 Å². The molecule has 0 radical (unpaired) electrons. The second-order valence-electron chi connectivity index (χ2n) is 10.5. The van der Waals surface area contributed by atoms with E-state index in [9.17, 15) is 27.9 Å². The second-order valence-corrected chi connectivity index (χ2v) is 10.5. The first-order chi connectivity index (χ1) is 20.5. The minimum atomic E-state index is -4.68. The highest BCUT2D eigenvalue weighted by molar-refractivity contribution is 6.04. The maximum Gasteiger partial charge on any atom is 0.433 e. The molecule has 218 valence electrons. The minimum Gasteiger partial charge on any atom is -0.481 e. The maximum absolute atomic E-state index is 13.4. The number of anilines is 1. The highest BCUT2D eigenvalue weighted by Gasteiger charge is 2.51. The molecule has 3 aromatic carbocycles. The van der Waals surface area contributed by atoms with E-state index in [0.29, 0.717) is 18.4 Å². The molecule has 7 nitrogen and oxygen atoms in total. The highest BCUT2D eigenvalue weighted by atomic mass is 19.4. The number of rotatable bonds is 7. The maximum atomic E-state index is 13.4. The summed E-state index contributed by atoms with van der Waals surface area (Å²) in [6.45, 7) is 1.71. The molecule has 1 aliphatic carbocycles. The van der Waals surface area contributed by atoms with E-state index in [1.807, 2.05) is 54.6 Å². The minimum absolute atomic E-state index is 0.116. The summed E-state index contributed by atoms with van der Waals surface area (Å²) in [6.07, 6.45) is -4.86. The van der Waals surface area contributed by atoms with Gasteiger partial charge in [0.05, 0.1) is 10.8 Å². The summed E-state index contributed by atoms with van der Waals surface area (Å²) in [7, 11) is 0. The van der Waals surface area contributed by atoms with Crippen LogP contribution in [0.5, 0.6) is 0 Å². The Hall–Kier alpha value is -5.12. The fraction of sp³-hybridized carbons (Fsp3) is 0.182. The number of aliphatic carboxylic acids is 1. The van der Waals surface area contributed by atoms with E-state index < -0.39 is 35.5 Å². The van der Waals surface area contributed by atoms with Crippen LogP contribution in [0.15, 0.2) is 95.4 Å². The average molecular weight is 587 g/mol. The summed E-state index contributed by atoms with van der Waals surface area (Å²) >= 11 is 0. The number of carboxylic acid groups (broad SMARTS) is 1. The van der Waals surface area contributed by atoms with Gasteiger partial charge in [-0.15, -0.1) is 0 Å². The summed E-state index contributed by atoms with van der Waals surface area (Å²) in [4.78, 5) is 28.2. The first-order valence-electron chi connectivity index (χ1n) is 13.5. The van der Waals surface area contributed by atoms with Gasteiger partial charge in [0, 0.05) is 5.56 Å². The van der Waals surface area contributed by atoms with Crippen LogP contribution in [0.1, 0.15) is 42.7 Å². The smallest absolute Gasteiger partial charge is 0.433 e. The number of halogens is 3. The third-order valence-electron chi connectivity index (χ3n) is 7.70. The topological polar surface area (TPSA) is 102 Å². The van der Waals surface area contributed by atoms with Gasteiger partial charge in [-0.2, -0.15) is 13.2 Å². The van der Waals surface area contributed by atoms with Crippen molar-refractivity contribution in [2.75, 3.05) is 5.32 Å². The number of hydrogen-bond donors (Lipinski definition) is 2. The van der Waals surface area contributed by atoms with Gasteiger partial charge in [0.25, 0.3) is 0 Å². The molecule has 0 aliphatic heterocycles. The average Bonchev–Trinajstić information content (AvgIpc) is 3.75. The zero-order valence-electron chi connectivity index (χ0n) is 22.8. The van der Waals surface area contributed by atoms with E-state index in [0.717, 1.165) is 28.3 Å². The number of carbonyl (C=O) groups is 2. The Morgan fingerprint density at radius 3 is 2.09 bits per heavy atom. The van der Waals surface area contributed by atoms with Gasteiger partial charge in [-0.05, 0) is 54.2 Å². The Morgan fingerprint density at radius 2 is 1.51 bits per heavy atom. The van der Waals surface area contributed by atoms with Gasteiger partial charge in [-0.3, -0.25) is 10.1 Å². The summed E-state index contributed by atoms with van der Waals surface area (Å²) in [6, 6.07) is 25.5. The molecule has 1 amide bonds. The Morgan fingerprint density at radius 1 is 0.907 bits per heavy atom. The van der Waals surface area contributed by atoms with Crippen LogP contribution in [0, 0.1) is 0 Å². The Bertz CT molecular complexity index is 1810. The molecule has 1 fully saturated rings. The van der Waals surface area contributed by atoms with Crippen molar-refractivity contribution >= 4 is 28.8 Å². The van der Waals surface area contributed by atoms with Crippen molar-refractivity contribution in [2.24, 2.45) is 0 Å². The van der Waals surface area contributed by atoms with Crippen LogP contribution >= 0.6 is 0 Å². The van der Waals surface area contributed by atoms with Crippen LogP contribution in [-0.4, -0.2) is 22.2 Å². The van der Waals surface area contributed by atoms with Crippen molar-refractivity contribution < 1.29 is 37.0 Å². The van der Waals surface area contributed by atoms with Gasteiger partial charge < -0.3 is 14.3 Å². The molecule has 0 unspecified atom stereocenters. The summed E-state index contributed by atoms with van der Waals surface area (Å²) in [5.41, 5.74) is 1.62. The predicted molar refractivity (Wildman–Crippen MR) is 153 cm³/mol. The van der Waals surface area contributed by atoms with Crippen LogP contribution < -0.4 is 5.32 Å². The van der Waals surface area contributed by atoms with Gasteiger partial charge in [0.1, 0.15) is 17.5 Å². The number of furan rings is 1.